The van der Waals surface area contributed by atoms with E-state index in [-0.39, 0.29) is 12.3 Å². The topological polar surface area (TPSA) is 52.6 Å². The number of likely N-dealkylation sites (N-methyl/N-ethyl adjacent to an activating group) is 1. The van der Waals surface area contributed by atoms with Crippen molar-refractivity contribution in [2.45, 2.75) is 18.7 Å². The van der Waals surface area contributed by atoms with Gasteiger partial charge in [0.15, 0.2) is 0 Å². The molecule has 0 fully saturated rings. The molecule has 0 N–H and O–H groups in total. The van der Waals surface area contributed by atoms with Crippen LogP contribution in [0.1, 0.15) is 23.7 Å². The molecule has 0 heterocycles. The van der Waals surface area contributed by atoms with Gasteiger partial charge in [-0.05, 0) is 30.8 Å². The standard InChI is InChI=1S/C19H20F3NO3/c1-23(13-18(24)25)11-10-17(14-6-3-2-4-7-14)26-16-9-5-8-15(12-16)19(20,21)22/h2-9,12,17H,10-11,13H2,1H3,(H,24,25)/p-1. The van der Waals surface area contributed by atoms with Crippen LogP contribution in [0.15, 0.2) is 54.6 Å². The lowest BCUT2D eigenvalue weighted by molar-refractivity contribution is -0.306. The van der Waals surface area contributed by atoms with E-state index < -0.39 is 23.8 Å². The fourth-order valence-corrected chi connectivity index (χ4v) is 2.51. The summed E-state index contributed by atoms with van der Waals surface area (Å²) in [5.41, 5.74) is 0.0163. The summed E-state index contributed by atoms with van der Waals surface area (Å²) in [6.07, 6.45) is -4.55. The fourth-order valence-electron chi connectivity index (χ4n) is 2.51. The molecular formula is C19H19F3NO3-. The minimum Gasteiger partial charge on any atom is -0.549 e. The van der Waals surface area contributed by atoms with Gasteiger partial charge in [-0.15, -0.1) is 0 Å². The summed E-state index contributed by atoms with van der Waals surface area (Å²) in [5.74, 6) is -1.08. The number of rotatable bonds is 8. The molecule has 0 saturated carbocycles. The number of carboxylic acids is 1. The van der Waals surface area contributed by atoms with Gasteiger partial charge in [0.1, 0.15) is 11.9 Å². The molecule has 0 spiro atoms. The van der Waals surface area contributed by atoms with Crippen LogP contribution in [0.5, 0.6) is 5.75 Å². The molecule has 2 aromatic carbocycles. The average molecular weight is 366 g/mol. The zero-order chi connectivity index (χ0) is 19.2. The fraction of sp³-hybridized carbons (Fsp3) is 0.316. The number of alkyl halides is 3. The van der Waals surface area contributed by atoms with E-state index in [1.807, 2.05) is 30.3 Å². The lowest BCUT2D eigenvalue weighted by Gasteiger charge is -2.24. The monoisotopic (exact) mass is 366 g/mol. The van der Waals surface area contributed by atoms with Gasteiger partial charge >= 0.3 is 6.18 Å². The molecule has 0 aromatic heterocycles. The number of carbonyl (C=O) groups is 1. The summed E-state index contributed by atoms with van der Waals surface area (Å²) >= 11 is 0. The second-order valence-electron chi connectivity index (χ2n) is 5.94. The van der Waals surface area contributed by atoms with Crippen molar-refractivity contribution >= 4 is 5.97 Å². The van der Waals surface area contributed by atoms with Crippen LogP contribution in [-0.4, -0.2) is 31.0 Å². The van der Waals surface area contributed by atoms with Gasteiger partial charge in [0.2, 0.25) is 0 Å². The van der Waals surface area contributed by atoms with Gasteiger partial charge in [0.25, 0.3) is 0 Å². The van der Waals surface area contributed by atoms with Gasteiger partial charge in [-0.1, -0.05) is 36.4 Å². The molecule has 0 saturated heterocycles. The molecular weight excluding hydrogens is 347 g/mol. The first-order valence-corrected chi connectivity index (χ1v) is 8.03. The molecule has 0 radical (unpaired) electrons. The number of hydrogen-bond donors (Lipinski definition) is 0. The quantitative estimate of drug-likeness (QED) is 0.721. The predicted octanol–water partition coefficient (Wildman–Crippen LogP) is 2.90. The van der Waals surface area contributed by atoms with Gasteiger partial charge in [0.05, 0.1) is 11.5 Å². The largest absolute Gasteiger partial charge is 0.549 e. The van der Waals surface area contributed by atoms with E-state index >= 15 is 0 Å². The van der Waals surface area contributed by atoms with Crippen LogP contribution in [0.3, 0.4) is 0 Å². The Morgan fingerprint density at radius 1 is 1.15 bits per heavy atom. The van der Waals surface area contributed by atoms with Crippen molar-refractivity contribution in [1.29, 1.82) is 0 Å². The molecule has 140 valence electrons. The summed E-state index contributed by atoms with van der Waals surface area (Å²) in [6.45, 7) is 0.150. The maximum Gasteiger partial charge on any atom is 0.416 e. The Morgan fingerprint density at radius 3 is 2.46 bits per heavy atom. The Bertz CT molecular complexity index is 719. The minimum absolute atomic E-state index is 0.108. The highest BCUT2D eigenvalue weighted by atomic mass is 19.4. The first kappa shape index (κ1) is 19.8. The molecule has 1 unspecified atom stereocenters. The summed E-state index contributed by atoms with van der Waals surface area (Å²) in [7, 11) is 1.63. The van der Waals surface area contributed by atoms with Gasteiger partial charge in [-0.2, -0.15) is 13.2 Å². The lowest BCUT2D eigenvalue weighted by Crippen LogP contribution is -2.36. The number of halogens is 3. The second-order valence-corrected chi connectivity index (χ2v) is 5.94. The molecule has 0 aliphatic carbocycles. The van der Waals surface area contributed by atoms with Crippen molar-refractivity contribution in [1.82, 2.24) is 4.90 Å². The van der Waals surface area contributed by atoms with Crippen molar-refractivity contribution in [3.8, 4) is 5.75 Å². The molecule has 26 heavy (non-hydrogen) atoms. The predicted molar refractivity (Wildman–Crippen MR) is 88.4 cm³/mol. The Morgan fingerprint density at radius 2 is 1.85 bits per heavy atom. The molecule has 0 bridgehead atoms. The molecule has 7 heteroatoms. The third kappa shape index (κ3) is 6.07. The normalized spacial score (nSPS) is 12.8. The van der Waals surface area contributed by atoms with E-state index in [4.69, 9.17) is 4.74 Å². The summed E-state index contributed by atoms with van der Waals surface area (Å²) < 4.78 is 44.4. The van der Waals surface area contributed by atoms with Crippen LogP contribution in [0.2, 0.25) is 0 Å². The van der Waals surface area contributed by atoms with Crippen molar-refractivity contribution in [2.75, 3.05) is 20.1 Å². The maximum absolute atomic E-state index is 12.9. The van der Waals surface area contributed by atoms with Crippen molar-refractivity contribution < 1.29 is 27.8 Å². The van der Waals surface area contributed by atoms with E-state index in [9.17, 15) is 23.1 Å². The zero-order valence-electron chi connectivity index (χ0n) is 14.2. The van der Waals surface area contributed by atoms with Crippen LogP contribution < -0.4 is 9.84 Å². The van der Waals surface area contributed by atoms with Gasteiger partial charge < -0.3 is 19.5 Å². The zero-order valence-corrected chi connectivity index (χ0v) is 14.2. The Kier molecular flexibility index (Phi) is 6.63. The summed E-state index contributed by atoms with van der Waals surface area (Å²) in [6, 6.07) is 13.8. The molecule has 0 aliphatic rings. The number of carboxylic acid groups (broad SMARTS) is 1. The highest BCUT2D eigenvalue weighted by Gasteiger charge is 2.30. The van der Waals surface area contributed by atoms with Gasteiger partial charge in [-0.3, -0.25) is 0 Å². The average Bonchev–Trinajstić information content (AvgIpc) is 2.58. The molecule has 0 amide bonds. The molecule has 2 aromatic rings. The van der Waals surface area contributed by atoms with E-state index in [1.165, 1.54) is 12.1 Å². The number of aliphatic carboxylic acids is 1. The van der Waals surface area contributed by atoms with Crippen LogP contribution >= 0.6 is 0 Å². The van der Waals surface area contributed by atoms with Crippen LogP contribution in [-0.2, 0) is 11.0 Å². The number of hydrogen-bond acceptors (Lipinski definition) is 4. The van der Waals surface area contributed by atoms with Crippen molar-refractivity contribution in [3.63, 3.8) is 0 Å². The first-order chi connectivity index (χ1) is 12.3. The SMILES string of the molecule is CN(CCC(Oc1cccc(C(F)(F)F)c1)c1ccccc1)CC(=O)[O-]. The van der Waals surface area contributed by atoms with Gasteiger partial charge in [0, 0.05) is 19.5 Å². The van der Waals surface area contributed by atoms with Crippen LogP contribution in [0.25, 0.3) is 0 Å². The molecule has 2 rings (SSSR count). The smallest absolute Gasteiger partial charge is 0.416 e. The maximum atomic E-state index is 12.9. The number of nitrogens with zero attached hydrogens (tertiary/aromatic N) is 1. The van der Waals surface area contributed by atoms with Crippen molar-refractivity contribution in [3.05, 3.63) is 65.7 Å². The van der Waals surface area contributed by atoms with E-state index in [0.29, 0.717) is 13.0 Å². The van der Waals surface area contributed by atoms with Crippen molar-refractivity contribution in [2.24, 2.45) is 0 Å². The minimum atomic E-state index is -4.45. The van der Waals surface area contributed by atoms with E-state index in [1.54, 1.807) is 11.9 Å². The Labute approximate surface area is 149 Å². The van der Waals surface area contributed by atoms with Crippen LogP contribution in [0, 0.1) is 0 Å². The third-order valence-corrected chi connectivity index (χ3v) is 3.78. The summed E-state index contributed by atoms with van der Waals surface area (Å²) in [5, 5.41) is 10.7. The van der Waals surface area contributed by atoms with E-state index in [2.05, 4.69) is 0 Å². The lowest BCUT2D eigenvalue weighted by atomic mass is 10.1. The number of ether oxygens (including phenoxy) is 1. The third-order valence-electron chi connectivity index (χ3n) is 3.78. The highest BCUT2D eigenvalue weighted by Crippen LogP contribution is 2.33. The Hall–Kier alpha value is -2.54. The van der Waals surface area contributed by atoms with E-state index in [0.717, 1.165) is 17.7 Å². The van der Waals surface area contributed by atoms with Crippen LogP contribution in [0.4, 0.5) is 13.2 Å². The number of benzene rings is 2. The first-order valence-electron chi connectivity index (χ1n) is 8.03. The molecule has 4 nitrogen and oxygen atoms in total. The second kappa shape index (κ2) is 8.71. The summed E-state index contributed by atoms with van der Waals surface area (Å²) in [4.78, 5) is 12.2. The van der Waals surface area contributed by atoms with Gasteiger partial charge in [-0.25, -0.2) is 0 Å². The number of carbonyl (C=O) groups excluding carboxylic acids is 1. The highest BCUT2D eigenvalue weighted by molar-refractivity contribution is 5.66. The molecule has 1 atom stereocenters. The Balaban J connectivity index is 2.16. The molecule has 0 aliphatic heterocycles.